The van der Waals surface area contributed by atoms with E-state index in [-0.39, 0.29) is 10.0 Å². The molecule has 78 valence electrons. The van der Waals surface area contributed by atoms with Gasteiger partial charge in [0.15, 0.2) is 17.3 Å². The minimum Gasteiger partial charge on any atom is -0.504 e. The van der Waals surface area contributed by atoms with Crippen LogP contribution in [0.4, 0.5) is 4.39 Å². The molecule has 0 saturated carbocycles. The summed E-state index contributed by atoms with van der Waals surface area (Å²) >= 11 is 3.00. The van der Waals surface area contributed by atoms with E-state index in [1.807, 2.05) is 0 Å². The lowest BCUT2D eigenvalue weighted by Crippen LogP contribution is -2.16. The van der Waals surface area contributed by atoms with Crippen molar-refractivity contribution in [1.82, 2.24) is 0 Å². The first-order valence-electron chi connectivity index (χ1n) is 3.88. The summed E-state index contributed by atoms with van der Waals surface area (Å²) in [5, 5.41) is 28.2. The van der Waals surface area contributed by atoms with Crippen LogP contribution >= 0.6 is 15.9 Å². The van der Waals surface area contributed by atoms with E-state index < -0.39 is 22.9 Å². The predicted molar refractivity (Wildman–Crippen MR) is 52.7 cm³/mol. The fourth-order valence-corrected chi connectivity index (χ4v) is 2.05. The molecule has 1 aromatic rings. The summed E-state index contributed by atoms with van der Waals surface area (Å²) < 4.78 is 13.1. The van der Waals surface area contributed by atoms with Crippen LogP contribution in [0, 0.1) is 5.82 Å². The van der Waals surface area contributed by atoms with Crippen molar-refractivity contribution in [2.75, 3.05) is 0 Å². The number of benzene rings is 1. The molecule has 3 nitrogen and oxygen atoms in total. The molecule has 1 rings (SSSR count). The highest BCUT2D eigenvalue weighted by Gasteiger charge is 2.27. The van der Waals surface area contributed by atoms with E-state index in [9.17, 15) is 14.6 Å². The summed E-state index contributed by atoms with van der Waals surface area (Å²) in [6.45, 7) is 2.84. The van der Waals surface area contributed by atoms with Crippen molar-refractivity contribution in [2.45, 2.75) is 19.4 Å². The van der Waals surface area contributed by atoms with Crippen molar-refractivity contribution in [2.24, 2.45) is 0 Å². The van der Waals surface area contributed by atoms with Gasteiger partial charge in [0.2, 0.25) is 0 Å². The summed E-state index contributed by atoms with van der Waals surface area (Å²) in [7, 11) is 0. The molecule has 0 aliphatic carbocycles. The molecule has 5 heteroatoms. The molecular weight excluding hydrogens is 255 g/mol. The molecular formula is C9H10BrFO3. The molecule has 0 fully saturated rings. The highest BCUT2D eigenvalue weighted by Crippen LogP contribution is 2.42. The van der Waals surface area contributed by atoms with Gasteiger partial charge in [0.05, 0.1) is 5.60 Å². The van der Waals surface area contributed by atoms with E-state index in [2.05, 4.69) is 15.9 Å². The third kappa shape index (κ3) is 1.83. The Balaban J connectivity index is 3.53. The first-order valence-corrected chi connectivity index (χ1v) is 4.67. The summed E-state index contributed by atoms with van der Waals surface area (Å²) in [6, 6.07) is 0.988. The van der Waals surface area contributed by atoms with Gasteiger partial charge in [-0.25, -0.2) is 4.39 Å². The molecule has 0 aliphatic heterocycles. The number of aromatic hydroxyl groups is 2. The maximum absolute atomic E-state index is 12.9. The third-order valence-electron chi connectivity index (χ3n) is 1.79. The Labute approximate surface area is 88.9 Å². The number of phenols is 2. The first-order chi connectivity index (χ1) is 6.25. The molecule has 1 aromatic carbocycles. The number of rotatable bonds is 1. The van der Waals surface area contributed by atoms with Gasteiger partial charge in [-0.05, 0) is 19.9 Å². The van der Waals surface area contributed by atoms with Crippen molar-refractivity contribution in [3.05, 3.63) is 21.9 Å². The molecule has 0 bridgehead atoms. The number of halogens is 2. The van der Waals surface area contributed by atoms with E-state index in [1.54, 1.807) is 0 Å². The van der Waals surface area contributed by atoms with Gasteiger partial charge >= 0.3 is 0 Å². The van der Waals surface area contributed by atoms with Gasteiger partial charge in [-0.2, -0.15) is 0 Å². The zero-order valence-electron chi connectivity index (χ0n) is 7.67. The number of aliphatic hydroxyl groups is 1. The summed E-state index contributed by atoms with van der Waals surface area (Å²) in [4.78, 5) is 0. The predicted octanol–water partition coefficient (Wildman–Crippen LogP) is 2.23. The fourth-order valence-electron chi connectivity index (χ4n) is 1.18. The van der Waals surface area contributed by atoms with Crippen LogP contribution in [-0.4, -0.2) is 15.3 Å². The van der Waals surface area contributed by atoms with E-state index >= 15 is 0 Å². The maximum atomic E-state index is 12.9. The van der Waals surface area contributed by atoms with Crippen LogP contribution in [-0.2, 0) is 5.60 Å². The van der Waals surface area contributed by atoms with E-state index in [0.29, 0.717) is 0 Å². The van der Waals surface area contributed by atoms with Crippen LogP contribution in [0.15, 0.2) is 10.5 Å². The quantitative estimate of drug-likeness (QED) is 0.682. The van der Waals surface area contributed by atoms with Crippen molar-refractivity contribution in [3.8, 4) is 11.5 Å². The van der Waals surface area contributed by atoms with Crippen molar-refractivity contribution in [1.29, 1.82) is 0 Å². The Morgan fingerprint density at radius 1 is 1.29 bits per heavy atom. The second-order valence-electron chi connectivity index (χ2n) is 3.47. The van der Waals surface area contributed by atoms with Gasteiger partial charge in [-0.3, -0.25) is 0 Å². The van der Waals surface area contributed by atoms with Crippen LogP contribution in [0.1, 0.15) is 19.4 Å². The van der Waals surface area contributed by atoms with Crippen molar-refractivity contribution in [3.63, 3.8) is 0 Å². The summed E-state index contributed by atoms with van der Waals surface area (Å²) in [5.41, 5.74) is -1.31. The third-order valence-corrected chi connectivity index (χ3v) is 2.42. The minimum absolute atomic E-state index is 0.0522. The van der Waals surface area contributed by atoms with Crippen LogP contribution < -0.4 is 0 Å². The highest BCUT2D eigenvalue weighted by molar-refractivity contribution is 9.10. The van der Waals surface area contributed by atoms with Crippen LogP contribution in [0.2, 0.25) is 0 Å². The van der Waals surface area contributed by atoms with Crippen LogP contribution in [0.5, 0.6) is 11.5 Å². The van der Waals surface area contributed by atoms with Gasteiger partial charge in [-0.15, -0.1) is 0 Å². The topological polar surface area (TPSA) is 60.7 Å². The van der Waals surface area contributed by atoms with E-state index in [0.717, 1.165) is 6.07 Å². The van der Waals surface area contributed by atoms with E-state index in [4.69, 9.17) is 5.11 Å². The maximum Gasteiger partial charge on any atom is 0.194 e. The van der Waals surface area contributed by atoms with Gasteiger partial charge < -0.3 is 15.3 Å². The monoisotopic (exact) mass is 264 g/mol. The van der Waals surface area contributed by atoms with Gasteiger partial charge in [0.1, 0.15) is 0 Å². The first kappa shape index (κ1) is 11.3. The lowest BCUT2D eigenvalue weighted by Gasteiger charge is -2.21. The summed E-state index contributed by atoms with van der Waals surface area (Å²) in [5.74, 6) is -2.45. The van der Waals surface area contributed by atoms with Gasteiger partial charge in [0, 0.05) is 10.0 Å². The Morgan fingerprint density at radius 2 is 1.79 bits per heavy atom. The Kier molecular flexibility index (Phi) is 2.74. The average Bonchev–Trinajstić information content (AvgIpc) is 1.97. The lowest BCUT2D eigenvalue weighted by atomic mass is 9.97. The Bertz CT molecular complexity index is 371. The zero-order valence-corrected chi connectivity index (χ0v) is 9.26. The molecule has 0 heterocycles. The zero-order chi connectivity index (χ0) is 11.1. The van der Waals surface area contributed by atoms with Crippen molar-refractivity contribution >= 4 is 15.9 Å². The normalized spacial score (nSPS) is 11.8. The van der Waals surface area contributed by atoms with Gasteiger partial charge in [-0.1, -0.05) is 15.9 Å². The van der Waals surface area contributed by atoms with Gasteiger partial charge in [0.25, 0.3) is 0 Å². The molecule has 14 heavy (non-hydrogen) atoms. The second kappa shape index (κ2) is 3.40. The molecule has 0 unspecified atom stereocenters. The number of phenolic OH excluding ortho intramolecular Hbond substituents is 2. The molecule has 0 atom stereocenters. The Hall–Kier alpha value is -0.810. The highest BCUT2D eigenvalue weighted by atomic mass is 79.9. The molecule has 0 amide bonds. The lowest BCUT2D eigenvalue weighted by molar-refractivity contribution is 0.0743. The fraction of sp³-hybridized carbons (Fsp3) is 0.333. The number of hydrogen-bond donors (Lipinski definition) is 3. The van der Waals surface area contributed by atoms with Crippen LogP contribution in [0.3, 0.4) is 0 Å². The average molecular weight is 265 g/mol. The second-order valence-corrected chi connectivity index (χ2v) is 4.33. The number of hydrogen-bond acceptors (Lipinski definition) is 3. The summed E-state index contributed by atoms with van der Waals surface area (Å²) in [6.07, 6.45) is 0. The molecule has 0 radical (unpaired) electrons. The molecule has 0 spiro atoms. The molecule has 0 saturated heterocycles. The molecule has 3 N–H and O–H groups in total. The molecule has 0 aromatic heterocycles. The minimum atomic E-state index is -1.37. The molecule has 0 aliphatic rings. The van der Waals surface area contributed by atoms with Crippen molar-refractivity contribution < 1.29 is 19.7 Å². The Morgan fingerprint density at radius 3 is 2.21 bits per heavy atom. The van der Waals surface area contributed by atoms with Crippen LogP contribution in [0.25, 0.3) is 0 Å². The standard InChI is InChI=1S/C9H10BrFO3/c1-9(2,14)6-4(10)3-5(11)7(12)8(6)13/h3,12-14H,1-2H3. The SMILES string of the molecule is CC(C)(O)c1c(Br)cc(F)c(O)c1O. The smallest absolute Gasteiger partial charge is 0.194 e. The largest absolute Gasteiger partial charge is 0.504 e. The van der Waals surface area contributed by atoms with E-state index in [1.165, 1.54) is 13.8 Å².